The van der Waals surface area contributed by atoms with Crippen LogP contribution in [0.25, 0.3) is 11.3 Å². The van der Waals surface area contributed by atoms with Crippen LogP contribution in [0.15, 0.2) is 37.1 Å². The Hall–Kier alpha value is -4.06. The van der Waals surface area contributed by atoms with Gasteiger partial charge in [0.1, 0.15) is 18.2 Å². The van der Waals surface area contributed by atoms with Crippen molar-refractivity contribution >= 4 is 17.8 Å². The van der Waals surface area contributed by atoms with E-state index >= 15 is 0 Å². The summed E-state index contributed by atoms with van der Waals surface area (Å²) < 4.78 is 13.1. The van der Waals surface area contributed by atoms with Gasteiger partial charge >= 0.3 is 6.09 Å². The summed E-state index contributed by atoms with van der Waals surface area (Å²) in [6.07, 6.45) is 15.2. The van der Waals surface area contributed by atoms with Gasteiger partial charge in [-0.3, -0.25) is 14.4 Å². The van der Waals surface area contributed by atoms with Gasteiger partial charge < -0.3 is 19.5 Å². The smallest absolute Gasteiger partial charge is 0.410 e. The largest absolute Gasteiger partial charge is 0.481 e. The summed E-state index contributed by atoms with van der Waals surface area (Å²) in [7, 11) is 1.66. The molecule has 0 spiro atoms. The number of β-amino-alcohol motifs (C(OH)–C–C–N with tert-alkyl or cyclic N) is 1. The molecule has 0 aromatic carbocycles. The number of aromatic nitrogens is 5. The SMILES string of the molecule is COc1ncc(C23CCC(CN(C(=O)C4CCC(OC(=O)N5CC(O)C5)CC4)c4cc(-c5cnn(C(C)(C)C)c5)ncn4)(CC2)CC3)cc1C. The summed E-state index contributed by atoms with van der Waals surface area (Å²) in [5.41, 5.74) is 3.93. The van der Waals surface area contributed by atoms with Gasteiger partial charge in [-0.2, -0.15) is 5.10 Å². The van der Waals surface area contributed by atoms with E-state index < -0.39 is 6.10 Å². The number of anilines is 1. The molecular weight excluding hydrogens is 634 g/mol. The van der Waals surface area contributed by atoms with Gasteiger partial charge in [-0.05, 0) is 114 Å². The van der Waals surface area contributed by atoms with Crippen LogP contribution in [0.3, 0.4) is 0 Å². The molecule has 1 saturated heterocycles. The highest BCUT2D eigenvalue weighted by Gasteiger charge is 2.51. The predicted molar refractivity (Wildman–Crippen MR) is 188 cm³/mol. The molecule has 0 unspecified atom stereocenters. The lowest BCUT2D eigenvalue weighted by molar-refractivity contribution is -0.124. The quantitative estimate of drug-likeness (QED) is 0.312. The Balaban J connectivity index is 1.10. The normalized spacial score (nSPS) is 26.7. The van der Waals surface area contributed by atoms with Gasteiger partial charge in [-0.15, -0.1) is 0 Å². The van der Waals surface area contributed by atoms with Crippen molar-refractivity contribution < 1.29 is 24.2 Å². The van der Waals surface area contributed by atoms with E-state index in [-0.39, 0.29) is 40.4 Å². The van der Waals surface area contributed by atoms with Crippen molar-refractivity contribution in [2.45, 2.75) is 115 Å². The fourth-order valence-electron chi connectivity index (χ4n) is 8.55. The van der Waals surface area contributed by atoms with Gasteiger partial charge in [0.15, 0.2) is 0 Å². The Bertz CT molecular complexity index is 1700. The van der Waals surface area contributed by atoms with E-state index in [1.54, 1.807) is 13.4 Å². The molecule has 4 heterocycles. The van der Waals surface area contributed by atoms with Crippen molar-refractivity contribution in [2.24, 2.45) is 11.3 Å². The Labute approximate surface area is 294 Å². The number of nitrogens with zero attached hydrogens (tertiary/aromatic N) is 7. The van der Waals surface area contributed by atoms with Crippen LogP contribution in [0.4, 0.5) is 10.6 Å². The Morgan fingerprint density at radius 1 is 0.980 bits per heavy atom. The summed E-state index contributed by atoms with van der Waals surface area (Å²) in [4.78, 5) is 44.5. The minimum Gasteiger partial charge on any atom is -0.481 e. The second kappa shape index (κ2) is 13.2. The van der Waals surface area contributed by atoms with Crippen molar-refractivity contribution in [3.05, 3.63) is 48.2 Å². The third-order valence-corrected chi connectivity index (χ3v) is 11.9. The summed E-state index contributed by atoms with van der Waals surface area (Å²) in [5.74, 6) is 1.20. The molecule has 50 heavy (non-hydrogen) atoms. The van der Waals surface area contributed by atoms with Crippen LogP contribution >= 0.6 is 0 Å². The number of hydrogen-bond donors (Lipinski definition) is 1. The van der Waals surface area contributed by atoms with Gasteiger partial charge in [0.2, 0.25) is 11.8 Å². The summed E-state index contributed by atoms with van der Waals surface area (Å²) >= 11 is 0. The maximum atomic E-state index is 14.6. The molecule has 1 aliphatic heterocycles. The molecule has 12 nitrogen and oxygen atoms in total. The van der Waals surface area contributed by atoms with Gasteiger partial charge in [0.05, 0.1) is 43.7 Å². The van der Waals surface area contributed by atoms with E-state index in [0.717, 1.165) is 55.3 Å². The van der Waals surface area contributed by atoms with Crippen LogP contribution in [0.5, 0.6) is 5.88 Å². The van der Waals surface area contributed by atoms with Crippen LogP contribution in [0, 0.1) is 18.3 Å². The number of fused-ring (bicyclic) bond motifs is 3. The number of aliphatic hydroxyl groups excluding tert-OH is 1. The third kappa shape index (κ3) is 6.70. The van der Waals surface area contributed by atoms with Gasteiger partial charge in [-0.25, -0.2) is 19.7 Å². The van der Waals surface area contributed by atoms with E-state index in [9.17, 15) is 14.7 Å². The molecule has 1 N–H and O–H groups in total. The number of methoxy groups -OCH3 is 1. The van der Waals surface area contributed by atoms with Crippen LogP contribution in [0.1, 0.15) is 96.1 Å². The molecule has 4 saturated carbocycles. The average molecular weight is 686 g/mol. The summed E-state index contributed by atoms with van der Waals surface area (Å²) in [6, 6.07) is 4.19. The van der Waals surface area contributed by atoms with E-state index in [1.165, 1.54) is 10.5 Å². The maximum Gasteiger partial charge on any atom is 0.410 e. The Morgan fingerprint density at radius 3 is 2.28 bits per heavy atom. The molecule has 5 fully saturated rings. The first kappa shape index (κ1) is 34.4. The van der Waals surface area contributed by atoms with E-state index in [4.69, 9.17) is 14.5 Å². The molecule has 5 aliphatic rings. The fraction of sp³-hybridized carbons (Fsp3) is 0.632. The molecule has 4 aliphatic carbocycles. The number of hydrogen-bond acceptors (Lipinski definition) is 9. The number of likely N-dealkylation sites (tertiary alicyclic amines) is 1. The molecule has 3 aromatic heterocycles. The van der Waals surface area contributed by atoms with Crippen LogP contribution in [-0.2, 0) is 20.5 Å². The molecule has 0 atom stereocenters. The number of carbonyl (C=O) groups is 2. The monoisotopic (exact) mass is 685 g/mol. The summed E-state index contributed by atoms with van der Waals surface area (Å²) in [6.45, 7) is 9.63. The fourth-order valence-corrected chi connectivity index (χ4v) is 8.55. The number of rotatable bonds is 8. The first-order valence-electron chi connectivity index (χ1n) is 18.2. The molecule has 2 bridgehead atoms. The van der Waals surface area contributed by atoms with Gasteiger partial charge in [0, 0.05) is 42.0 Å². The lowest BCUT2D eigenvalue weighted by atomic mass is 9.52. The average Bonchev–Trinajstić information content (AvgIpc) is 3.62. The Kier molecular flexibility index (Phi) is 9.11. The molecule has 8 rings (SSSR count). The zero-order chi connectivity index (χ0) is 35.3. The van der Waals surface area contributed by atoms with Gasteiger partial charge in [0.25, 0.3) is 0 Å². The Morgan fingerprint density at radius 2 is 1.68 bits per heavy atom. The molecule has 268 valence electrons. The topological polar surface area (TPSA) is 136 Å². The van der Waals surface area contributed by atoms with E-state index in [2.05, 4.69) is 48.8 Å². The van der Waals surface area contributed by atoms with Crippen molar-refractivity contribution in [1.29, 1.82) is 0 Å². The van der Waals surface area contributed by atoms with Crippen molar-refractivity contribution in [3.63, 3.8) is 0 Å². The number of aryl methyl sites for hydroxylation is 1. The highest BCUT2D eigenvalue weighted by Crippen LogP contribution is 2.58. The van der Waals surface area contributed by atoms with E-state index in [0.29, 0.717) is 57.0 Å². The van der Waals surface area contributed by atoms with Gasteiger partial charge in [-0.1, -0.05) is 0 Å². The first-order valence-corrected chi connectivity index (χ1v) is 18.2. The molecule has 3 aromatic rings. The third-order valence-electron chi connectivity index (χ3n) is 11.9. The van der Waals surface area contributed by atoms with Crippen molar-refractivity contribution in [2.75, 3.05) is 31.6 Å². The molecule has 0 radical (unpaired) electrons. The van der Waals surface area contributed by atoms with Crippen molar-refractivity contribution in [3.8, 4) is 17.1 Å². The molecule has 12 heteroatoms. The zero-order valence-electron chi connectivity index (χ0n) is 30.1. The minimum atomic E-state index is -0.466. The highest BCUT2D eigenvalue weighted by atomic mass is 16.6. The molecular formula is C38H51N7O5. The minimum absolute atomic E-state index is 0.00308. The van der Waals surface area contributed by atoms with Crippen molar-refractivity contribution in [1.82, 2.24) is 29.6 Å². The number of carbonyl (C=O) groups excluding carboxylic acids is 2. The highest BCUT2D eigenvalue weighted by molar-refractivity contribution is 5.94. The number of amides is 2. The number of ether oxygens (including phenoxy) is 2. The number of aliphatic hydroxyl groups is 1. The first-order chi connectivity index (χ1) is 23.9. The molecule has 2 amide bonds. The maximum absolute atomic E-state index is 14.6. The van der Waals surface area contributed by atoms with Crippen LogP contribution in [0.2, 0.25) is 0 Å². The lowest BCUT2D eigenvalue weighted by Gasteiger charge is -2.55. The summed E-state index contributed by atoms with van der Waals surface area (Å²) in [5, 5.41) is 14.1. The second-order valence-corrected chi connectivity index (χ2v) is 16.3. The zero-order valence-corrected chi connectivity index (χ0v) is 30.1. The number of pyridine rings is 1. The standard InChI is InChI=1S/C38H51N7O5/c1-25-16-28(19-39-33(25)49-5)38-13-10-37(11-14-38,12-15-38)23-44(32-17-31(40-24-41-32)27-18-42-45(20-27)36(2,3)4)34(47)26-6-8-30(9-7-26)50-35(48)43-21-29(46)22-43/h16-20,24,26,29-30,46H,6-15,21-23H2,1-5H3. The second-order valence-electron chi connectivity index (χ2n) is 16.3. The van der Waals surface area contributed by atoms with Crippen LogP contribution < -0.4 is 9.64 Å². The predicted octanol–water partition coefficient (Wildman–Crippen LogP) is 5.80. The van der Waals surface area contributed by atoms with Crippen LogP contribution in [-0.4, -0.2) is 85.7 Å². The lowest BCUT2D eigenvalue weighted by Crippen LogP contribution is -2.54. The van der Waals surface area contributed by atoms with E-state index in [1.807, 2.05) is 34.2 Å².